The number of hydrogen-bond donors (Lipinski definition) is 0. The molecule has 1 nitrogen and oxygen atoms in total. The molecule has 0 rings (SSSR count). The zero-order valence-corrected chi connectivity index (χ0v) is 6.57. The van der Waals surface area contributed by atoms with Crippen LogP contribution in [-0.2, 0) is 4.79 Å². The molecule has 0 N–H and O–H groups in total. The van der Waals surface area contributed by atoms with Gasteiger partial charge in [0.15, 0.2) is 0 Å². The molecule has 0 aliphatic heterocycles. The maximum atomic E-state index is 10.2. The van der Waals surface area contributed by atoms with Gasteiger partial charge in [0.25, 0.3) is 0 Å². The summed E-state index contributed by atoms with van der Waals surface area (Å²) >= 11 is 4.34. The highest BCUT2D eigenvalue weighted by Gasteiger charge is 1.89. The van der Waals surface area contributed by atoms with Crippen molar-refractivity contribution in [2.45, 2.75) is 20.3 Å². The number of rotatable bonds is 3. The van der Waals surface area contributed by atoms with Crippen molar-refractivity contribution in [1.82, 2.24) is 0 Å². The van der Waals surface area contributed by atoms with Gasteiger partial charge in [0.1, 0.15) is 0 Å². The van der Waals surface area contributed by atoms with Crippen LogP contribution in [0.15, 0.2) is 12.2 Å². The third-order valence-electron chi connectivity index (χ3n) is 0.806. The zero-order valence-electron chi connectivity index (χ0n) is 5.76. The van der Waals surface area contributed by atoms with Gasteiger partial charge in [-0.2, -0.15) is 0 Å². The van der Waals surface area contributed by atoms with Gasteiger partial charge < -0.3 is 0 Å². The fourth-order valence-corrected chi connectivity index (χ4v) is 0.533. The van der Waals surface area contributed by atoms with E-state index < -0.39 is 0 Å². The van der Waals surface area contributed by atoms with Gasteiger partial charge in [-0.05, 0) is 18.5 Å². The van der Waals surface area contributed by atoms with Gasteiger partial charge in [0.05, 0.1) is 0 Å². The second-order valence-corrected chi connectivity index (χ2v) is 2.70. The summed E-state index contributed by atoms with van der Waals surface area (Å²) in [6.07, 6.45) is 4.19. The minimum atomic E-state index is -0.188. The lowest BCUT2D eigenvalue weighted by atomic mass is 10.2. The van der Waals surface area contributed by atoms with Crippen molar-refractivity contribution in [2.75, 3.05) is 0 Å². The smallest absolute Gasteiger partial charge is 0.222 e. The summed E-state index contributed by atoms with van der Waals surface area (Å²) in [5.74, 6) is 0.513. The average molecular weight is 143 g/mol. The van der Waals surface area contributed by atoms with E-state index in [0.717, 1.165) is 0 Å². The van der Waals surface area contributed by atoms with E-state index in [-0.39, 0.29) is 5.12 Å². The van der Waals surface area contributed by atoms with Crippen molar-refractivity contribution in [3.05, 3.63) is 12.2 Å². The highest BCUT2D eigenvalue weighted by atomic mass is 32.1. The van der Waals surface area contributed by atoms with Crippen molar-refractivity contribution in [3.63, 3.8) is 0 Å². The average Bonchev–Trinajstić information content (AvgIpc) is 1.63. The Balaban J connectivity index is 3.36. The monoisotopic (exact) mass is 143 g/mol. The summed E-state index contributed by atoms with van der Waals surface area (Å²) in [5, 5.41) is -0.188. The van der Waals surface area contributed by atoms with Crippen molar-refractivity contribution >= 4 is 17.7 Å². The van der Waals surface area contributed by atoms with E-state index in [0.29, 0.717) is 12.3 Å². The van der Waals surface area contributed by atoms with Crippen LogP contribution in [0.25, 0.3) is 0 Å². The number of hydrogen-bond acceptors (Lipinski definition) is 1. The third-order valence-corrected chi connectivity index (χ3v) is 0.972. The Labute approximate surface area is 61.6 Å². The molecule has 0 unspecified atom stereocenters. The summed E-state index contributed by atoms with van der Waals surface area (Å²) in [5.41, 5.74) is 0. The molecule has 0 saturated heterocycles. The molecule has 0 spiro atoms. The predicted molar refractivity (Wildman–Crippen MR) is 41.2 cm³/mol. The second-order valence-electron chi connectivity index (χ2n) is 2.25. The van der Waals surface area contributed by atoms with Gasteiger partial charge in [-0.15, -0.1) is 0 Å². The normalized spacial score (nSPS) is 11.0. The minimum Gasteiger partial charge on any atom is -0.282 e. The van der Waals surface area contributed by atoms with E-state index in [4.69, 9.17) is 0 Å². The lowest BCUT2D eigenvalue weighted by Gasteiger charge is -1.90. The quantitative estimate of drug-likeness (QED) is 0.554. The van der Waals surface area contributed by atoms with Gasteiger partial charge in [-0.3, -0.25) is 4.79 Å². The van der Waals surface area contributed by atoms with Gasteiger partial charge in [0, 0.05) is 6.42 Å². The second kappa shape index (κ2) is 4.50. The largest absolute Gasteiger partial charge is 0.282 e. The van der Waals surface area contributed by atoms with E-state index in [2.05, 4.69) is 26.5 Å². The molecule has 9 heavy (non-hydrogen) atoms. The molecule has 2 heteroatoms. The van der Waals surface area contributed by atoms with Gasteiger partial charge >= 0.3 is 0 Å². The van der Waals surface area contributed by atoms with Crippen molar-refractivity contribution in [3.8, 4) is 0 Å². The summed E-state index contributed by atoms with van der Waals surface area (Å²) < 4.78 is 0. The van der Waals surface area contributed by atoms with Gasteiger partial charge in [-0.25, -0.2) is 0 Å². The van der Waals surface area contributed by atoms with Crippen LogP contribution in [0.5, 0.6) is 0 Å². The maximum Gasteiger partial charge on any atom is 0.222 e. The maximum absolute atomic E-state index is 10.2. The fraction of sp³-hybridized carbons (Fsp3) is 0.571. The molecule has 0 amide bonds. The highest BCUT2D eigenvalue weighted by Crippen LogP contribution is 1.96. The first-order chi connectivity index (χ1) is 4.13. The Kier molecular flexibility index (Phi) is 4.32. The first-order valence-corrected chi connectivity index (χ1v) is 3.40. The van der Waals surface area contributed by atoms with E-state index in [1.807, 2.05) is 12.2 Å². The molecule has 0 saturated carbocycles. The fourth-order valence-electron chi connectivity index (χ4n) is 0.436. The molecule has 0 aromatic heterocycles. The van der Waals surface area contributed by atoms with E-state index >= 15 is 0 Å². The summed E-state index contributed by atoms with van der Waals surface area (Å²) in [7, 11) is 0. The Hall–Kier alpha value is -0.370. The molecule has 0 fully saturated rings. The van der Waals surface area contributed by atoms with Crippen LogP contribution >= 0.6 is 12.6 Å². The first-order valence-electron chi connectivity index (χ1n) is 2.99. The predicted octanol–water partition coefficient (Wildman–Crippen LogP) is 2.31. The first kappa shape index (κ1) is 8.63. The van der Waals surface area contributed by atoms with Gasteiger partial charge in [0.2, 0.25) is 5.12 Å². The van der Waals surface area contributed by atoms with Crippen LogP contribution in [0.2, 0.25) is 0 Å². The van der Waals surface area contributed by atoms with Crippen molar-refractivity contribution in [1.29, 1.82) is 0 Å². The Morgan fingerprint density at radius 1 is 1.67 bits per heavy atom. The number of carbonyl (C=O) groups excluding carboxylic acids is 1. The Morgan fingerprint density at radius 2 is 2.22 bits per heavy atom. The summed E-state index contributed by atoms with van der Waals surface area (Å²) in [6, 6.07) is 0. The van der Waals surface area contributed by atoms with Crippen LogP contribution in [0.3, 0.4) is 0 Å². The molecular weight excluding hydrogens is 132 g/mol. The molecule has 0 heterocycles. The topological polar surface area (TPSA) is 17.1 Å². The SMILES string of the molecule is CC(C)/C=C/CC(=O)[S]. The van der Waals surface area contributed by atoms with E-state index in [1.54, 1.807) is 0 Å². The lowest BCUT2D eigenvalue weighted by Crippen LogP contribution is -1.82. The van der Waals surface area contributed by atoms with Gasteiger partial charge in [-0.1, -0.05) is 26.0 Å². The molecular formula is C7H11OS. The minimum absolute atomic E-state index is 0.188. The number of carbonyl (C=O) groups is 1. The van der Waals surface area contributed by atoms with Crippen molar-refractivity contribution < 1.29 is 4.79 Å². The molecule has 1 radical (unpaired) electrons. The van der Waals surface area contributed by atoms with Crippen LogP contribution in [0.4, 0.5) is 0 Å². The zero-order chi connectivity index (χ0) is 7.28. The number of allylic oxidation sites excluding steroid dienone is 2. The molecule has 0 aromatic rings. The molecule has 0 aliphatic rings. The molecule has 0 bridgehead atoms. The lowest BCUT2D eigenvalue weighted by molar-refractivity contribution is -0.110. The van der Waals surface area contributed by atoms with Crippen LogP contribution in [-0.4, -0.2) is 5.12 Å². The Bertz CT molecular complexity index is 116. The summed E-state index contributed by atoms with van der Waals surface area (Å²) in [4.78, 5) is 10.2. The highest BCUT2D eigenvalue weighted by molar-refractivity contribution is 7.96. The molecule has 51 valence electrons. The standard InChI is InChI=1S/C7H11OS/c1-6(2)4-3-5-7(8)9/h3-4,6H,5H2,1-2H3/b4-3+. The third kappa shape index (κ3) is 7.63. The van der Waals surface area contributed by atoms with Crippen molar-refractivity contribution in [2.24, 2.45) is 5.92 Å². The molecule has 0 aliphatic carbocycles. The van der Waals surface area contributed by atoms with Crippen LogP contribution < -0.4 is 0 Å². The van der Waals surface area contributed by atoms with E-state index in [1.165, 1.54) is 0 Å². The molecule has 0 aromatic carbocycles. The summed E-state index contributed by atoms with van der Waals surface area (Å²) in [6.45, 7) is 4.12. The van der Waals surface area contributed by atoms with Crippen LogP contribution in [0.1, 0.15) is 20.3 Å². The Morgan fingerprint density at radius 3 is 2.56 bits per heavy atom. The van der Waals surface area contributed by atoms with Crippen LogP contribution in [0, 0.1) is 5.92 Å². The molecule has 0 atom stereocenters. The van der Waals surface area contributed by atoms with E-state index in [9.17, 15) is 4.79 Å².